The van der Waals surface area contributed by atoms with Crippen LogP contribution in [0.4, 0.5) is 5.69 Å². The molecule has 0 aliphatic heterocycles. The lowest BCUT2D eigenvalue weighted by Gasteiger charge is -2.20. The third-order valence-corrected chi connectivity index (χ3v) is 4.51. The summed E-state index contributed by atoms with van der Waals surface area (Å²) in [6, 6.07) is 12.8. The number of benzene rings is 2. The fraction of sp³-hybridized carbons (Fsp3) is 0.300. The van der Waals surface area contributed by atoms with Crippen LogP contribution in [0, 0.1) is 0 Å². The minimum absolute atomic E-state index is 0.346. The molecule has 2 rings (SSSR count). The number of carbonyl (C=O) groups is 1. The second-order valence-corrected chi connectivity index (χ2v) is 6.68. The summed E-state index contributed by atoms with van der Waals surface area (Å²) >= 11 is 11.9. The van der Waals surface area contributed by atoms with Crippen molar-refractivity contribution in [2.45, 2.75) is 26.9 Å². The molecule has 5 nitrogen and oxygen atoms in total. The Morgan fingerprint density at radius 2 is 1.85 bits per heavy atom. The van der Waals surface area contributed by atoms with Gasteiger partial charge in [0.05, 0.1) is 11.2 Å². The molecular formula is C20H23Cl2N3O2. The van der Waals surface area contributed by atoms with E-state index < -0.39 is 6.10 Å². The van der Waals surface area contributed by atoms with E-state index in [0.29, 0.717) is 15.8 Å². The van der Waals surface area contributed by atoms with E-state index in [9.17, 15) is 4.79 Å². The van der Waals surface area contributed by atoms with E-state index in [-0.39, 0.29) is 5.91 Å². The number of halogens is 2. The number of ether oxygens (including phenoxy) is 1. The normalized spacial score (nSPS) is 12.0. The topological polar surface area (TPSA) is 53.9 Å². The fourth-order valence-electron chi connectivity index (χ4n) is 2.44. The number of anilines is 1. The Labute approximate surface area is 169 Å². The van der Waals surface area contributed by atoms with Gasteiger partial charge in [0, 0.05) is 23.8 Å². The maximum Gasteiger partial charge on any atom is 0.280 e. The number of nitrogens with one attached hydrogen (secondary N) is 1. The highest BCUT2D eigenvalue weighted by Crippen LogP contribution is 2.28. The molecule has 0 saturated heterocycles. The molecule has 7 heteroatoms. The molecule has 2 aromatic rings. The lowest BCUT2D eigenvalue weighted by molar-refractivity contribution is -0.127. The average Bonchev–Trinajstić information content (AvgIpc) is 2.66. The van der Waals surface area contributed by atoms with Crippen LogP contribution in [0.1, 0.15) is 26.3 Å². The Bertz CT molecular complexity index is 790. The Balaban J connectivity index is 1.90. The smallest absolute Gasteiger partial charge is 0.280 e. The maximum absolute atomic E-state index is 12.1. The first kappa shape index (κ1) is 21.1. The molecule has 1 amide bonds. The number of hydrogen-bond donors (Lipinski definition) is 1. The van der Waals surface area contributed by atoms with Crippen LogP contribution < -0.4 is 15.1 Å². The average molecular weight is 408 g/mol. The Morgan fingerprint density at radius 1 is 1.19 bits per heavy atom. The van der Waals surface area contributed by atoms with Crippen LogP contribution in [0.3, 0.4) is 0 Å². The summed E-state index contributed by atoms with van der Waals surface area (Å²) in [6.45, 7) is 7.77. The van der Waals surface area contributed by atoms with Gasteiger partial charge >= 0.3 is 0 Å². The van der Waals surface area contributed by atoms with Gasteiger partial charge < -0.3 is 9.64 Å². The molecular weight excluding hydrogens is 385 g/mol. The van der Waals surface area contributed by atoms with E-state index >= 15 is 0 Å². The first-order chi connectivity index (χ1) is 12.9. The first-order valence-corrected chi connectivity index (χ1v) is 9.49. The summed E-state index contributed by atoms with van der Waals surface area (Å²) in [4.78, 5) is 14.4. The van der Waals surface area contributed by atoms with Crippen LogP contribution in [0.25, 0.3) is 0 Å². The second-order valence-electron chi connectivity index (χ2n) is 5.83. The van der Waals surface area contributed by atoms with Gasteiger partial charge in [0.1, 0.15) is 5.75 Å². The molecule has 27 heavy (non-hydrogen) atoms. The maximum atomic E-state index is 12.1. The van der Waals surface area contributed by atoms with Gasteiger partial charge in [0.2, 0.25) is 0 Å². The number of hydrazone groups is 1. The minimum Gasteiger partial charge on any atom is -0.479 e. The molecule has 144 valence electrons. The molecule has 0 saturated carbocycles. The van der Waals surface area contributed by atoms with Crippen molar-refractivity contribution < 1.29 is 9.53 Å². The van der Waals surface area contributed by atoms with Crippen molar-refractivity contribution in [1.29, 1.82) is 0 Å². The number of nitrogens with zero attached hydrogens (tertiary/aromatic N) is 2. The van der Waals surface area contributed by atoms with E-state index in [2.05, 4.69) is 29.3 Å². The summed E-state index contributed by atoms with van der Waals surface area (Å²) in [6.07, 6.45) is 0.831. The standard InChI is InChI=1S/C20H23Cl2N3O2/c1-4-25(5-2)17-9-6-15(7-10-17)13-23-24-20(26)14(3)27-19-11-8-16(21)12-18(19)22/h6-14H,4-5H2,1-3H3,(H,24,26). The van der Waals surface area contributed by atoms with Crippen LogP contribution in [-0.2, 0) is 4.79 Å². The van der Waals surface area contributed by atoms with Crippen molar-refractivity contribution in [3.63, 3.8) is 0 Å². The fourth-order valence-corrected chi connectivity index (χ4v) is 2.89. The van der Waals surface area contributed by atoms with Gasteiger partial charge in [0.25, 0.3) is 5.91 Å². The summed E-state index contributed by atoms with van der Waals surface area (Å²) in [5, 5.41) is 4.83. The molecule has 0 aromatic heterocycles. The Kier molecular flexibility index (Phi) is 7.95. The van der Waals surface area contributed by atoms with Gasteiger partial charge in [-0.05, 0) is 56.7 Å². The predicted molar refractivity (Wildman–Crippen MR) is 112 cm³/mol. The van der Waals surface area contributed by atoms with E-state index in [1.807, 2.05) is 24.3 Å². The predicted octanol–water partition coefficient (Wildman–Crippen LogP) is 4.76. The minimum atomic E-state index is -0.758. The highest BCUT2D eigenvalue weighted by Gasteiger charge is 2.15. The summed E-state index contributed by atoms with van der Waals surface area (Å²) in [5.41, 5.74) is 4.51. The summed E-state index contributed by atoms with van der Waals surface area (Å²) in [7, 11) is 0. The molecule has 0 spiro atoms. The largest absolute Gasteiger partial charge is 0.479 e. The van der Waals surface area contributed by atoms with E-state index in [4.69, 9.17) is 27.9 Å². The summed E-state index contributed by atoms with van der Waals surface area (Å²) < 4.78 is 5.55. The summed E-state index contributed by atoms with van der Waals surface area (Å²) in [5.74, 6) is 0.0108. The van der Waals surface area contributed by atoms with Gasteiger partial charge in [-0.1, -0.05) is 35.3 Å². The molecule has 0 bridgehead atoms. The molecule has 0 radical (unpaired) electrons. The molecule has 0 aliphatic rings. The lowest BCUT2D eigenvalue weighted by Crippen LogP contribution is -2.33. The van der Waals surface area contributed by atoms with E-state index in [1.165, 1.54) is 0 Å². The van der Waals surface area contributed by atoms with Crippen molar-refractivity contribution >= 4 is 41.0 Å². The van der Waals surface area contributed by atoms with Crippen LogP contribution in [0.15, 0.2) is 47.6 Å². The third-order valence-electron chi connectivity index (χ3n) is 3.98. The molecule has 0 fully saturated rings. The zero-order valence-corrected chi connectivity index (χ0v) is 17.1. The van der Waals surface area contributed by atoms with Crippen LogP contribution in [0.2, 0.25) is 10.0 Å². The van der Waals surface area contributed by atoms with E-state index in [0.717, 1.165) is 24.3 Å². The lowest BCUT2D eigenvalue weighted by atomic mass is 10.2. The molecule has 1 N–H and O–H groups in total. The number of rotatable bonds is 8. The number of carbonyl (C=O) groups excluding carboxylic acids is 1. The van der Waals surface area contributed by atoms with Crippen LogP contribution >= 0.6 is 23.2 Å². The van der Waals surface area contributed by atoms with Gasteiger partial charge in [0.15, 0.2) is 6.10 Å². The molecule has 2 aromatic carbocycles. The zero-order chi connectivity index (χ0) is 19.8. The highest BCUT2D eigenvalue weighted by molar-refractivity contribution is 6.35. The third kappa shape index (κ3) is 6.15. The first-order valence-electron chi connectivity index (χ1n) is 8.74. The number of amides is 1. The SMILES string of the molecule is CCN(CC)c1ccc(C=NNC(=O)C(C)Oc2ccc(Cl)cc2Cl)cc1. The van der Waals surface area contributed by atoms with Gasteiger partial charge in [-0.2, -0.15) is 5.10 Å². The molecule has 0 heterocycles. The second kappa shape index (κ2) is 10.2. The quantitative estimate of drug-likeness (QED) is 0.506. The zero-order valence-electron chi connectivity index (χ0n) is 15.6. The molecule has 0 aliphatic carbocycles. The highest BCUT2D eigenvalue weighted by atomic mass is 35.5. The Hall–Kier alpha value is -2.24. The molecule has 1 atom stereocenters. The van der Waals surface area contributed by atoms with Crippen LogP contribution in [-0.4, -0.2) is 31.3 Å². The van der Waals surface area contributed by atoms with Gasteiger partial charge in [-0.15, -0.1) is 0 Å². The molecule has 1 unspecified atom stereocenters. The Morgan fingerprint density at radius 3 is 2.44 bits per heavy atom. The number of hydrogen-bond acceptors (Lipinski definition) is 4. The van der Waals surface area contributed by atoms with Crippen molar-refractivity contribution in [1.82, 2.24) is 5.43 Å². The van der Waals surface area contributed by atoms with Crippen molar-refractivity contribution in [2.24, 2.45) is 5.10 Å². The monoisotopic (exact) mass is 407 g/mol. The van der Waals surface area contributed by atoms with Crippen molar-refractivity contribution in [2.75, 3.05) is 18.0 Å². The van der Waals surface area contributed by atoms with Gasteiger partial charge in [-0.3, -0.25) is 4.79 Å². The van der Waals surface area contributed by atoms with Crippen LogP contribution in [0.5, 0.6) is 5.75 Å². The van der Waals surface area contributed by atoms with Crippen molar-refractivity contribution in [3.05, 3.63) is 58.1 Å². The van der Waals surface area contributed by atoms with Gasteiger partial charge in [-0.25, -0.2) is 5.43 Å². The van der Waals surface area contributed by atoms with Crippen molar-refractivity contribution in [3.8, 4) is 5.75 Å². The van der Waals surface area contributed by atoms with E-state index in [1.54, 1.807) is 31.3 Å².